The van der Waals surface area contributed by atoms with Crippen LogP contribution in [0.5, 0.6) is 5.75 Å². The highest BCUT2D eigenvalue weighted by atomic mass is 19.1. The fourth-order valence-electron chi connectivity index (χ4n) is 1.52. The van der Waals surface area contributed by atoms with Gasteiger partial charge in [-0.2, -0.15) is 0 Å². The number of fused-ring (bicyclic) bond motifs is 1. The summed E-state index contributed by atoms with van der Waals surface area (Å²) in [5.74, 6) is 0.531. The van der Waals surface area contributed by atoms with E-state index in [4.69, 9.17) is 4.74 Å². The lowest BCUT2D eigenvalue weighted by Gasteiger charge is -2.06. The number of ether oxygens (including phenoxy) is 1. The van der Waals surface area contributed by atoms with Crippen molar-refractivity contribution >= 4 is 10.8 Å². The molecule has 0 aliphatic heterocycles. The summed E-state index contributed by atoms with van der Waals surface area (Å²) >= 11 is 0. The summed E-state index contributed by atoms with van der Waals surface area (Å²) < 4.78 is 18.9. The zero-order valence-corrected chi connectivity index (χ0v) is 8.66. The third-order valence-electron chi connectivity index (χ3n) is 2.27. The van der Waals surface area contributed by atoms with Gasteiger partial charge in [0.2, 0.25) is 0 Å². The Hall–Kier alpha value is -1.57. The molecule has 0 heterocycles. The van der Waals surface area contributed by atoms with Crippen molar-refractivity contribution < 1.29 is 9.13 Å². The highest BCUT2D eigenvalue weighted by Gasteiger charge is 2.01. The van der Waals surface area contributed by atoms with Crippen molar-refractivity contribution in [3.8, 4) is 5.75 Å². The van der Waals surface area contributed by atoms with Crippen LogP contribution in [0.25, 0.3) is 10.8 Å². The van der Waals surface area contributed by atoms with E-state index in [9.17, 15) is 4.39 Å². The molecule has 2 aromatic rings. The van der Waals surface area contributed by atoms with Gasteiger partial charge in [0, 0.05) is 5.39 Å². The second-order valence-electron chi connectivity index (χ2n) is 3.47. The standard InChI is InChI=1S/C13H13FO/c1-2-8-15-11-7-6-10-4-3-5-13(14)12(10)9-11/h3-7,9H,2,8H2,1H3. The van der Waals surface area contributed by atoms with E-state index >= 15 is 0 Å². The molecule has 78 valence electrons. The Morgan fingerprint density at radius 3 is 2.87 bits per heavy atom. The second-order valence-corrected chi connectivity index (χ2v) is 3.47. The number of hydrogen-bond donors (Lipinski definition) is 0. The lowest BCUT2D eigenvalue weighted by molar-refractivity contribution is 0.318. The van der Waals surface area contributed by atoms with Gasteiger partial charge in [-0.25, -0.2) is 4.39 Å². The fourth-order valence-corrected chi connectivity index (χ4v) is 1.52. The maximum Gasteiger partial charge on any atom is 0.131 e. The predicted molar refractivity (Wildman–Crippen MR) is 59.7 cm³/mol. The molecule has 0 N–H and O–H groups in total. The zero-order valence-electron chi connectivity index (χ0n) is 8.66. The van der Waals surface area contributed by atoms with E-state index in [0.717, 1.165) is 17.6 Å². The van der Waals surface area contributed by atoms with Crippen LogP contribution in [0.15, 0.2) is 36.4 Å². The Morgan fingerprint density at radius 2 is 2.07 bits per heavy atom. The van der Waals surface area contributed by atoms with Crippen molar-refractivity contribution in [1.29, 1.82) is 0 Å². The van der Waals surface area contributed by atoms with Gasteiger partial charge in [0.05, 0.1) is 6.61 Å². The van der Waals surface area contributed by atoms with E-state index in [1.165, 1.54) is 6.07 Å². The molecule has 0 spiro atoms. The van der Waals surface area contributed by atoms with Gasteiger partial charge in [-0.15, -0.1) is 0 Å². The normalized spacial score (nSPS) is 10.5. The lowest BCUT2D eigenvalue weighted by atomic mass is 10.1. The highest BCUT2D eigenvalue weighted by molar-refractivity contribution is 5.84. The van der Waals surface area contributed by atoms with Gasteiger partial charge < -0.3 is 4.74 Å². The molecular weight excluding hydrogens is 191 g/mol. The molecule has 15 heavy (non-hydrogen) atoms. The minimum absolute atomic E-state index is 0.200. The minimum atomic E-state index is -0.200. The first kappa shape index (κ1) is 9.97. The molecule has 0 aromatic heterocycles. The Bertz CT molecular complexity index is 465. The number of benzene rings is 2. The summed E-state index contributed by atoms with van der Waals surface area (Å²) in [6.45, 7) is 2.71. The second kappa shape index (κ2) is 4.30. The van der Waals surface area contributed by atoms with Crippen LogP contribution in [0.4, 0.5) is 4.39 Å². The first-order valence-corrected chi connectivity index (χ1v) is 5.12. The Labute approximate surface area is 88.5 Å². The highest BCUT2D eigenvalue weighted by Crippen LogP contribution is 2.23. The van der Waals surface area contributed by atoms with E-state index < -0.39 is 0 Å². The van der Waals surface area contributed by atoms with Crippen molar-refractivity contribution in [2.75, 3.05) is 6.61 Å². The van der Waals surface area contributed by atoms with Crippen LogP contribution in [0.2, 0.25) is 0 Å². The van der Waals surface area contributed by atoms with Gasteiger partial charge in [-0.05, 0) is 30.0 Å². The molecule has 2 heteroatoms. The Morgan fingerprint density at radius 1 is 1.20 bits per heavy atom. The van der Waals surface area contributed by atoms with E-state index in [0.29, 0.717) is 12.0 Å². The molecule has 0 aliphatic carbocycles. The number of rotatable bonds is 3. The summed E-state index contributed by atoms with van der Waals surface area (Å²) in [5.41, 5.74) is 0. The van der Waals surface area contributed by atoms with Crippen molar-refractivity contribution in [3.05, 3.63) is 42.2 Å². The minimum Gasteiger partial charge on any atom is -0.494 e. The lowest BCUT2D eigenvalue weighted by Crippen LogP contribution is -1.94. The largest absolute Gasteiger partial charge is 0.494 e. The summed E-state index contributed by atoms with van der Waals surface area (Å²) in [7, 11) is 0. The van der Waals surface area contributed by atoms with Crippen LogP contribution in [0.1, 0.15) is 13.3 Å². The summed E-state index contributed by atoms with van der Waals surface area (Å²) in [6, 6.07) is 10.6. The van der Waals surface area contributed by atoms with Crippen LogP contribution in [-0.2, 0) is 0 Å². The van der Waals surface area contributed by atoms with Crippen molar-refractivity contribution in [1.82, 2.24) is 0 Å². The van der Waals surface area contributed by atoms with Gasteiger partial charge >= 0.3 is 0 Å². The molecule has 1 nitrogen and oxygen atoms in total. The summed E-state index contributed by atoms with van der Waals surface area (Å²) in [4.78, 5) is 0. The van der Waals surface area contributed by atoms with Crippen LogP contribution in [-0.4, -0.2) is 6.61 Å². The first-order valence-electron chi connectivity index (χ1n) is 5.12. The summed E-state index contributed by atoms with van der Waals surface area (Å²) in [5, 5.41) is 1.52. The molecule has 2 rings (SSSR count). The van der Waals surface area contributed by atoms with Crippen LogP contribution < -0.4 is 4.74 Å². The average Bonchev–Trinajstić information content (AvgIpc) is 2.27. The quantitative estimate of drug-likeness (QED) is 0.739. The number of hydrogen-bond acceptors (Lipinski definition) is 1. The SMILES string of the molecule is CCCOc1ccc2cccc(F)c2c1. The maximum atomic E-state index is 13.4. The van der Waals surface area contributed by atoms with E-state index in [1.807, 2.05) is 25.1 Å². The monoisotopic (exact) mass is 204 g/mol. The van der Waals surface area contributed by atoms with Gasteiger partial charge in [0.15, 0.2) is 0 Å². The Balaban J connectivity index is 2.41. The predicted octanol–water partition coefficient (Wildman–Crippen LogP) is 3.77. The molecular formula is C13H13FO. The molecule has 0 radical (unpaired) electrons. The molecule has 0 unspecified atom stereocenters. The average molecular weight is 204 g/mol. The van der Waals surface area contributed by atoms with Crippen LogP contribution >= 0.6 is 0 Å². The molecule has 0 saturated carbocycles. The van der Waals surface area contributed by atoms with E-state index in [1.54, 1.807) is 12.1 Å². The smallest absolute Gasteiger partial charge is 0.131 e. The van der Waals surface area contributed by atoms with Crippen LogP contribution in [0.3, 0.4) is 0 Å². The molecule has 0 aliphatic rings. The van der Waals surface area contributed by atoms with Crippen molar-refractivity contribution in [2.24, 2.45) is 0 Å². The summed E-state index contributed by atoms with van der Waals surface area (Å²) in [6.07, 6.45) is 0.954. The van der Waals surface area contributed by atoms with Gasteiger partial charge in [-0.1, -0.05) is 25.1 Å². The van der Waals surface area contributed by atoms with Gasteiger partial charge in [0.25, 0.3) is 0 Å². The third kappa shape index (κ3) is 2.09. The number of halogens is 1. The molecule has 0 bridgehead atoms. The molecule has 0 amide bonds. The van der Waals surface area contributed by atoms with E-state index in [2.05, 4.69) is 0 Å². The zero-order chi connectivity index (χ0) is 10.7. The first-order chi connectivity index (χ1) is 7.31. The van der Waals surface area contributed by atoms with E-state index in [-0.39, 0.29) is 5.82 Å². The van der Waals surface area contributed by atoms with Gasteiger partial charge in [0.1, 0.15) is 11.6 Å². The maximum absolute atomic E-state index is 13.4. The molecule has 2 aromatic carbocycles. The van der Waals surface area contributed by atoms with Crippen molar-refractivity contribution in [3.63, 3.8) is 0 Å². The molecule has 0 fully saturated rings. The topological polar surface area (TPSA) is 9.23 Å². The molecule has 0 atom stereocenters. The van der Waals surface area contributed by atoms with Crippen molar-refractivity contribution in [2.45, 2.75) is 13.3 Å². The van der Waals surface area contributed by atoms with Gasteiger partial charge in [-0.3, -0.25) is 0 Å². The van der Waals surface area contributed by atoms with Crippen LogP contribution in [0, 0.1) is 5.82 Å². The fraction of sp³-hybridized carbons (Fsp3) is 0.231. The third-order valence-corrected chi connectivity index (χ3v) is 2.27. The Kier molecular flexibility index (Phi) is 2.86. The molecule has 0 saturated heterocycles.